The highest BCUT2D eigenvalue weighted by molar-refractivity contribution is 7.09. The molecule has 0 bridgehead atoms. The van der Waals surface area contributed by atoms with Gasteiger partial charge in [-0.3, -0.25) is 4.79 Å². The van der Waals surface area contributed by atoms with Gasteiger partial charge in [0.1, 0.15) is 5.75 Å². The van der Waals surface area contributed by atoms with Gasteiger partial charge in [0.2, 0.25) is 0 Å². The fourth-order valence-corrected chi connectivity index (χ4v) is 3.65. The molecule has 1 aromatic carbocycles. The molecule has 0 unspecified atom stereocenters. The number of aromatic nitrogens is 3. The molecule has 0 fully saturated rings. The molecule has 4 rings (SSSR count). The number of hydrogen-bond donors (Lipinski definition) is 1. The molecule has 7 heteroatoms. The first-order valence-corrected chi connectivity index (χ1v) is 9.34. The van der Waals surface area contributed by atoms with E-state index in [0.29, 0.717) is 17.8 Å². The molecule has 0 saturated heterocycles. The molecule has 0 aliphatic heterocycles. The summed E-state index contributed by atoms with van der Waals surface area (Å²) in [7, 11) is 1.64. The van der Waals surface area contributed by atoms with E-state index in [1.165, 1.54) is 0 Å². The van der Waals surface area contributed by atoms with Crippen molar-refractivity contribution in [3.8, 4) is 16.9 Å². The van der Waals surface area contributed by atoms with Crippen molar-refractivity contribution >= 4 is 22.9 Å². The van der Waals surface area contributed by atoms with Gasteiger partial charge in [-0.05, 0) is 24.4 Å². The van der Waals surface area contributed by atoms with Crippen LogP contribution in [0, 0.1) is 6.92 Å². The Morgan fingerprint density at radius 1 is 1.19 bits per heavy atom. The van der Waals surface area contributed by atoms with Crippen LogP contribution >= 0.6 is 11.3 Å². The van der Waals surface area contributed by atoms with Crippen LogP contribution in [-0.4, -0.2) is 27.6 Å². The van der Waals surface area contributed by atoms with Gasteiger partial charge >= 0.3 is 0 Å². The van der Waals surface area contributed by atoms with Crippen LogP contribution in [0.3, 0.4) is 0 Å². The number of benzene rings is 1. The number of aryl methyl sites for hydroxylation is 1. The molecule has 6 nitrogen and oxygen atoms in total. The van der Waals surface area contributed by atoms with Gasteiger partial charge in [-0.2, -0.15) is 5.10 Å². The van der Waals surface area contributed by atoms with E-state index in [1.54, 1.807) is 35.4 Å². The Bertz CT molecular complexity index is 1100. The summed E-state index contributed by atoms with van der Waals surface area (Å²) in [6, 6.07) is 11.7. The molecule has 1 amide bonds. The van der Waals surface area contributed by atoms with Gasteiger partial charge in [0, 0.05) is 16.6 Å². The molecule has 0 aliphatic carbocycles. The quantitative estimate of drug-likeness (QED) is 0.575. The molecular weight excluding hydrogens is 360 g/mol. The lowest BCUT2D eigenvalue weighted by molar-refractivity contribution is 0.0949. The molecule has 1 N–H and O–H groups in total. The molecule has 4 aromatic rings. The maximum Gasteiger partial charge on any atom is 0.254 e. The second-order valence-corrected chi connectivity index (χ2v) is 7.05. The first-order chi connectivity index (χ1) is 13.2. The Balaban J connectivity index is 1.68. The topological polar surface area (TPSA) is 68.5 Å². The van der Waals surface area contributed by atoms with E-state index in [2.05, 4.69) is 15.4 Å². The number of amides is 1. The zero-order chi connectivity index (χ0) is 18.8. The number of carbonyl (C=O) groups excluding carboxylic acids is 1. The third-order valence-corrected chi connectivity index (χ3v) is 5.29. The molecule has 27 heavy (non-hydrogen) atoms. The van der Waals surface area contributed by atoms with Crippen molar-refractivity contribution in [3.63, 3.8) is 0 Å². The van der Waals surface area contributed by atoms with Crippen molar-refractivity contribution in [2.45, 2.75) is 13.5 Å². The van der Waals surface area contributed by atoms with Crippen molar-refractivity contribution in [3.05, 3.63) is 70.3 Å². The SMILES string of the molecule is COc1ccccc1-c1cnn2c(C)c(C(=O)NCc3cccs3)cnc12. The molecule has 3 aromatic heterocycles. The van der Waals surface area contributed by atoms with Crippen LogP contribution in [0.4, 0.5) is 0 Å². The van der Waals surface area contributed by atoms with E-state index in [4.69, 9.17) is 4.74 Å². The van der Waals surface area contributed by atoms with E-state index in [0.717, 1.165) is 27.4 Å². The van der Waals surface area contributed by atoms with Gasteiger partial charge in [-0.15, -0.1) is 11.3 Å². The van der Waals surface area contributed by atoms with Gasteiger partial charge in [0.05, 0.1) is 36.7 Å². The first kappa shape index (κ1) is 17.2. The third-order valence-electron chi connectivity index (χ3n) is 4.41. The Labute approximate surface area is 160 Å². The smallest absolute Gasteiger partial charge is 0.254 e. The highest BCUT2D eigenvalue weighted by atomic mass is 32.1. The van der Waals surface area contributed by atoms with Crippen LogP contribution in [0.25, 0.3) is 16.8 Å². The zero-order valence-corrected chi connectivity index (χ0v) is 15.8. The summed E-state index contributed by atoms with van der Waals surface area (Å²) in [6.07, 6.45) is 3.36. The number of thiophene rings is 1. The highest BCUT2D eigenvalue weighted by Gasteiger charge is 2.17. The summed E-state index contributed by atoms with van der Waals surface area (Å²) in [4.78, 5) is 18.2. The summed E-state index contributed by atoms with van der Waals surface area (Å²) in [5, 5.41) is 9.37. The number of para-hydroxylation sites is 1. The standard InChI is InChI=1S/C20H18N4O2S/c1-13-16(20(25)22-10-14-6-5-9-27-14)11-21-19-17(12-23-24(13)19)15-7-3-4-8-18(15)26-2/h3-9,11-12H,10H2,1-2H3,(H,22,25). The van der Waals surface area contributed by atoms with Crippen molar-refractivity contribution in [2.24, 2.45) is 0 Å². The minimum Gasteiger partial charge on any atom is -0.496 e. The summed E-state index contributed by atoms with van der Waals surface area (Å²) in [5.74, 6) is 0.592. The third kappa shape index (κ3) is 3.17. The molecule has 3 heterocycles. The number of nitrogens with one attached hydrogen (secondary N) is 1. The molecule has 0 radical (unpaired) electrons. The average Bonchev–Trinajstić information content (AvgIpc) is 3.36. The Morgan fingerprint density at radius 2 is 2.04 bits per heavy atom. The molecule has 136 valence electrons. The number of nitrogens with zero attached hydrogens (tertiary/aromatic N) is 3. The van der Waals surface area contributed by atoms with Crippen molar-refractivity contribution in [1.29, 1.82) is 0 Å². The second-order valence-electron chi connectivity index (χ2n) is 6.01. The van der Waals surface area contributed by atoms with Crippen LogP contribution in [0.5, 0.6) is 5.75 Å². The molecular formula is C20H18N4O2S. The Hall–Kier alpha value is -3.19. The fraction of sp³-hybridized carbons (Fsp3) is 0.150. The van der Waals surface area contributed by atoms with Crippen LogP contribution in [0.2, 0.25) is 0 Å². The van der Waals surface area contributed by atoms with E-state index in [9.17, 15) is 4.79 Å². The van der Waals surface area contributed by atoms with Gasteiger partial charge in [0.15, 0.2) is 5.65 Å². The number of carbonyl (C=O) groups is 1. The fourth-order valence-electron chi connectivity index (χ4n) is 3.00. The van der Waals surface area contributed by atoms with Crippen molar-refractivity contribution < 1.29 is 9.53 Å². The number of hydrogen-bond acceptors (Lipinski definition) is 5. The number of ether oxygens (including phenoxy) is 1. The molecule has 0 aliphatic rings. The van der Waals surface area contributed by atoms with Gasteiger partial charge < -0.3 is 10.1 Å². The largest absolute Gasteiger partial charge is 0.496 e. The van der Waals surface area contributed by atoms with E-state index >= 15 is 0 Å². The first-order valence-electron chi connectivity index (χ1n) is 8.46. The predicted molar refractivity (Wildman–Crippen MR) is 105 cm³/mol. The van der Waals surface area contributed by atoms with Gasteiger partial charge in [-0.25, -0.2) is 9.50 Å². The van der Waals surface area contributed by atoms with Crippen LogP contribution < -0.4 is 10.1 Å². The average molecular weight is 378 g/mol. The summed E-state index contributed by atoms with van der Waals surface area (Å²) < 4.78 is 7.15. The monoisotopic (exact) mass is 378 g/mol. The lowest BCUT2D eigenvalue weighted by Gasteiger charge is -2.09. The minimum atomic E-state index is -0.162. The normalized spacial score (nSPS) is 10.9. The van der Waals surface area contributed by atoms with E-state index in [1.807, 2.05) is 48.7 Å². The van der Waals surface area contributed by atoms with Gasteiger partial charge in [-0.1, -0.05) is 24.3 Å². The predicted octanol–water partition coefficient (Wildman–Crippen LogP) is 3.70. The van der Waals surface area contributed by atoms with E-state index < -0.39 is 0 Å². The van der Waals surface area contributed by atoms with Crippen molar-refractivity contribution in [1.82, 2.24) is 19.9 Å². The number of fused-ring (bicyclic) bond motifs is 1. The Morgan fingerprint density at radius 3 is 2.81 bits per heavy atom. The molecule has 0 spiro atoms. The van der Waals surface area contributed by atoms with E-state index in [-0.39, 0.29) is 5.91 Å². The molecule has 0 atom stereocenters. The second kappa shape index (κ2) is 7.20. The number of rotatable bonds is 5. The lowest BCUT2D eigenvalue weighted by Crippen LogP contribution is -2.24. The summed E-state index contributed by atoms with van der Waals surface area (Å²) in [5.41, 5.74) is 3.71. The summed E-state index contributed by atoms with van der Waals surface area (Å²) >= 11 is 1.61. The Kier molecular flexibility index (Phi) is 4.60. The minimum absolute atomic E-state index is 0.162. The molecule has 0 saturated carbocycles. The number of methoxy groups -OCH3 is 1. The zero-order valence-electron chi connectivity index (χ0n) is 15.0. The van der Waals surface area contributed by atoms with Crippen LogP contribution in [-0.2, 0) is 6.54 Å². The maximum atomic E-state index is 12.6. The van der Waals surface area contributed by atoms with Crippen LogP contribution in [0.1, 0.15) is 20.9 Å². The van der Waals surface area contributed by atoms with Crippen molar-refractivity contribution in [2.75, 3.05) is 7.11 Å². The van der Waals surface area contributed by atoms with Crippen LogP contribution in [0.15, 0.2) is 54.2 Å². The lowest BCUT2D eigenvalue weighted by atomic mass is 10.1. The summed E-state index contributed by atoms with van der Waals surface area (Å²) in [6.45, 7) is 2.37. The van der Waals surface area contributed by atoms with Gasteiger partial charge in [0.25, 0.3) is 5.91 Å². The maximum absolute atomic E-state index is 12.6. The highest BCUT2D eigenvalue weighted by Crippen LogP contribution is 2.32.